The smallest absolute Gasteiger partial charge is 0.248 e. The Balaban J connectivity index is 1.72. The third-order valence-electron chi connectivity index (χ3n) is 3.51. The molecular weight excluding hydrogens is 238 g/mol. The summed E-state index contributed by atoms with van der Waals surface area (Å²) >= 11 is 0. The van der Waals surface area contributed by atoms with Crippen LogP contribution in [0.3, 0.4) is 0 Å². The first-order chi connectivity index (χ1) is 9.24. The summed E-state index contributed by atoms with van der Waals surface area (Å²) in [6, 6.07) is 6.91. The number of nitrogens with one attached hydrogen (secondary N) is 1. The van der Waals surface area contributed by atoms with Crippen LogP contribution in [-0.4, -0.2) is 22.8 Å². The van der Waals surface area contributed by atoms with Crippen molar-refractivity contribution in [3.05, 3.63) is 35.2 Å². The van der Waals surface area contributed by atoms with Crippen molar-refractivity contribution < 1.29 is 4.42 Å². The van der Waals surface area contributed by atoms with Crippen LogP contribution in [0.5, 0.6) is 0 Å². The number of benzene rings is 1. The Hall–Kier alpha value is -1.68. The standard InChI is InChI=1S/C15H19N3O/c1-10-4-3-5-11(2)14(10)15-18-17-13(19-15)8-9-16-12-6-7-12/h3-5,12,16H,6-9H2,1-2H3. The van der Waals surface area contributed by atoms with E-state index in [-0.39, 0.29) is 0 Å². The van der Waals surface area contributed by atoms with E-state index in [1.54, 1.807) is 0 Å². The summed E-state index contributed by atoms with van der Waals surface area (Å²) in [5.41, 5.74) is 3.41. The van der Waals surface area contributed by atoms with Crippen LogP contribution in [0, 0.1) is 13.8 Å². The van der Waals surface area contributed by atoms with Crippen molar-refractivity contribution in [3.8, 4) is 11.5 Å². The van der Waals surface area contributed by atoms with E-state index in [4.69, 9.17) is 4.42 Å². The lowest BCUT2D eigenvalue weighted by atomic mass is 10.0. The van der Waals surface area contributed by atoms with E-state index in [0.29, 0.717) is 11.8 Å². The molecular formula is C15H19N3O. The SMILES string of the molecule is Cc1cccc(C)c1-c1nnc(CCNC2CC2)o1. The molecule has 0 aliphatic heterocycles. The average Bonchev–Trinajstić information content (AvgIpc) is 3.08. The quantitative estimate of drug-likeness (QED) is 0.894. The predicted molar refractivity (Wildman–Crippen MR) is 73.9 cm³/mol. The summed E-state index contributed by atoms with van der Waals surface area (Å²) in [6.07, 6.45) is 3.41. The Bertz CT molecular complexity index is 552. The van der Waals surface area contributed by atoms with Gasteiger partial charge in [0, 0.05) is 24.6 Å². The molecule has 1 N–H and O–H groups in total. The van der Waals surface area contributed by atoms with Crippen LogP contribution in [0.25, 0.3) is 11.5 Å². The van der Waals surface area contributed by atoms with E-state index < -0.39 is 0 Å². The largest absolute Gasteiger partial charge is 0.421 e. The maximum Gasteiger partial charge on any atom is 0.248 e. The molecule has 0 spiro atoms. The summed E-state index contributed by atoms with van der Waals surface area (Å²) in [4.78, 5) is 0. The third kappa shape index (κ3) is 2.84. The molecule has 100 valence electrons. The molecule has 1 aliphatic carbocycles. The number of rotatable bonds is 5. The van der Waals surface area contributed by atoms with Gasteiger partial charge in [0.1, 0.15) is 0 Å². The van der Waals surface area contributed by atoms with Crippen molar-refractivity contribution in [2.45, 2.75) is 39.2 Å². The maximum absolute atomic E-state index is 5.77. The van der Waals surface area contributed by atoms with E-state index in [0.717, 1.165) is 24.6 Å². The number of nitrogens with zero attached hydrogens (tertiary/aromatic N) is 2. The fourth-order valence-corrected chi connectivity index (χ4v) is 2.28. The first kappa shape index (κ1) is 12.4. The number of aryl methyl sites for hydroxylation is 2. The Kier molecular flexibility index (Phi) is 3.34. The molecule has 4 nitrogen and oxygen atoms in total. The first-order valence-electron chi connectivity index (χ1n) is 6.86. The molecule has 1 aromatic heterocycles. The van der Waals surface area contributed by atoms with Gasteiger partial charge in [0.25, 0.3) is 0 Å². The molecule has 0 amide bonds. The van der Waals surface area contributed by atoms with Crippen molar-refractivity contribution in [2.75, 3.05) is 6.54 Å². The predicted octanol–water partition coefficient (Wildman–Crippen LogP) is 2.65. The second kappa shape index (κ2) is 5.13. The van der Waals surface area contributed by atoms with Gasteiger partial charge in [-0.2, -0.15) is 0 Å². The lowest BCUT2D eigenvalue weighted by Crippen LogP contribution is -2.19. The van der Waals surface area contributed by atoms with Crippen molar-refractivity contribution >= 4 is 0 Å². The van der Waals surface area contributed by atoms with Gasteiger partial charge in [-0.25, -0.2) is 0 Å². The van der Waals surface area contributed by atoms with Crippen molar-refractivity contribution in [1.82, 2.24) is 15.5 Å². The van der Waals surface area contributed by atoms with Gasteiger partial charge in [-0.3, -0.25) is 0 Å². The fraction of sp³-hybridized carbons (Fsp3) is 0.467. The minimum Gasteiger partial charge on any atom is -0.421 e. The molecule has 2 aromatic rings. The lowest BCUT2D eigenvalue weighted by Gasteiger charge is -2.04. The summed E-state index contributed by atoms with van der Waals surface area (Å²) in [5.74, 6) is 1.35. The van der Waals surface area contributed by atoms with Crippen molar-refractivity contribution in [1.29, 1.82) is 0 Å². The number of hydrogen-bond donors (Lipinski definition) is 1. The molecule has 0 unspecified atom stereocenters. The molecule has 0 radical (unpaired) electrons. The van der Waals surface area contributed by atoms with Gasteiger partial charge < -0.3 is 9.73 Å². The molecule has 0 bridgehead atoms. The number of aromatic nitrogens is 2. The minimum absolute atomic E-state index is 0.636. The van der Waals surface area contributed by atoms with Crippen LogP contribution >= 0.6 is 0 Å². The molecule has 1 aliphatic rings. The Morgan fingerprint density at radius 2 is 1.95 bits per heavy atom. The van der Waals surface area contributed by atoms with Crippen molar-refractivity contribution in [3.63, 3.8) is 0 Å². The molecule has 4 heteroatoms. The molecule has 1 heterocycles. The zero-order valence-corrected chi connectivity index (χ0v) is 11.4. The summed E-state index contributed by atoms with van der Waals surface area (Å²) in [6.45, 7) is 5.06. The Morgan fingerprint density at radius 3 is 2.63 bits per heavy atom. The molecule has 0 saturated heterocycles. The summed E-state index contributed by atoms with van der Waals surface area (Å²) in [7, 11) is 0. The highest BCUT2D eigenvalue weighted by Gasteiger charge is 2.20. The Labute approximate surface area is 113 Å². The second-order valence-corrected chi connectivity index (χ2v) is 5.25. The van der Waals surface area contributed by atoms with Crippen molar-refractivity contribution in [2.24, 2.45) is 0 Å². The lowest BCUT2D eigenvalue weighted by molar-refractivity contribution is 0.493. The summed E-state index contributed by atoms with van der Waals surface area (Å²) in [5, 5.41) is 11.8. The topological polar surface area (TPSA) is 51.0 Å². The summed E-state index contributed by atoms with van der Waals surface area (Å²) < 4.78 is 5.77. The zero-order valence-electron chi connectivity index (χ0n) is 11.4. The molecule has 3 rings (SSSR count). The highest BCUT2D eigenvalue weighted by molar-refractivity contribution is 5.62. The van der Waals surface area contributed by atoms with E-state index in [1.165, 1.54) is 24.0 Å². The monoisotopic (exact) mass is 257 g/mol. The first-order valence-corrected chi connectivity index (χ1v) is 6.86. The Morgan fingerprint density at radius 1 is 1.21 bits per heavy atom. The van der Waals surface area contributed by atoms with Crippen LogP contribution in [0.15, 0.2) is 22.6 Å². The van der Waals surface area contributed by atoms with Crippen LogP contribution in [-0.2, 0) is 6.42 Å². The maximum atomic E-state index is 5.77. The highest BCUT2D eigenvalue weighted by atomic mass is 16.4. The average molecular weight is 257 g/mol. The van der Waals surface area contributed by atoms with Gasteiger partial charge in [0.05, 0.1) is 0 Å². The van der Waals surface area contributed by atoms with Gasteiger partial charge in [-0.05, 0) is 37.8 Å². The van der Waals surface area contributed by atoms with Crippen LogP contribution in [0.1, 0.15) is 29.9 Å². The van der Waals surface area contributed by atoms with Gasteiger partial charge in [0.15, 0.2) is 0 Å². The molecule has 19 heavy (non-hydrogen) atoms. The van der Waals surface area contributed by atoms with Gasteiger partial charge >= 0.3 is 0 Å². The molecule has 1 aromatic carbocycles. The number of hydrogen-bond acceptors (Lipinski definition) is 4. The molecule has 1 fully saturated rings. The van der Waals surface area contributed by atoms with E-state index >= 15 is 0 Å². The van der Waals surface area contributed by atoms with Gasteiger partial charge in [-0.1, -0.05) is 18.2 Å². The highest BCUT2D eigenvalue weighted by Crippen LogP contribution is 2.25. The van der Waals surface area contributed by atoms with Crippen LogP contribution in [0.2, 0.25) is 0 Å². The van der Waals surface area contributed by atoms with Gasteiger partial charge in [0.2, 0.25) is 11.8 Å². The van der Waals surface area contributed by atoms with E-state index in [2.05, 4.69) is 41.5 Å². The minimum atomic E-state index is 0.636. The normalized spacial score (nSPS) is 14.8. The van der Waals surface area contributed by atoms with Gasteiger partial charge in [-0.15, -0.1) is 10.2 Å². The third-order valence-corrected chi connectivity index (χ3v) is 3.51. The van der Waals surface area contributed by atoms with Crippen LogP contribution < -0.4 is 5.32 Å². The van der Waals surface area contributed by atoms with E-state index in [1.807, 2.05) is 6.07 Å². The zero-order chi connectivity index (χ0) is 13.2. The van der Waals surface area contributed by atoms with E-state index in [9.17, 15) is 0 Å². The molecule has 1 saturated carbocycles. The fourth-order valence-electron chi connectivity index (χ4n) is 2.28. The second-order valence-electron chi connectivity index (χ2n) is 5.25. The van der Waals surface area contributed by atoms with Crippen LogP contribution in [0.4, 0.5) is 0 Å². The molecule has 0 atom stereocenters.